The summed E-state index contributed by atoms with van der Waals surface area (Å²) >= 11 is 1.68. The van der Waals surface area contributed by atoms with Crippen LogP contribution < -0.4 is 10.6 Å². The number of aromatic nitrogens is 2. The van der Waals surface area contributed by atoms with Crippen LogP contribution in [0.5, 0.6) is 0 Å². The number of nitrogens with one attached hydrogen (secondary N) is 2. The van der Waals surface area contributed by atoms with Gasteiger partial charge in [-0.2, -0.15) is 4.98 Å². The average molecular weight is 304 g/mol. The summed E-state index contributed by atoms with van der Waals surface area (Å²) in [5.41, 5.74) is 0.338. The van der Waals surface area contributed by atoms with E-state index in [-0.39, 0.29) is 0 Å². The Bertz CT molecular complexity index is 620. The third kappa shape index (κ3) is 2.98. The summed E-state index contributed by atoms with van der Waals surface area (Å²) in [5, 5.41) is 10.2. The molecule has 1 aliphatic rings. The minimum absolute atomic E-state index is 0.338. The first-order valence-electron chi connectivity index (χ1n) is 7.86. The lowest BCUT2D eigenvalue weighted by molar-refractivity contribution is 0.349. The monoisotopic (exact) mass is 304 g/mol. The van der Waals surface area contributed by atoms with Gasteiger partial charge >= 0.3 is 0 Å². The molecule has 4 nitrogen and oxygen atoms in total. The third-order valence-corrected chi connectivity index (χ3v) is 5.23. The molecule has 2 aromatic heterocycles. The topological polar surface area (TPSA) is 49.8 Å². The Kier molecular flexibility index (Phi) is 4.02. The van der Waals surface area contributed by atoms with Crippen LogP contribution in [0.1, 0.15) is 46.5 Å². The second kappa shape index (κ2) is 5.79. The lowest BCUT2D eigenvalue weighted by Gasteiger charge is -2.28. The summed E-state index contributed by atoms with van der Waals surface area (Å²) in [6, 6.07) is 2.61. The zero-order chi connectivity index (χ0) is 14.9. The van der Waals surface area contributed by atoms with Crippen molar-refractivity contribution in [3.63, 3.8) is 0 Å². The molecule has 0 bridgehead atoms. The van der Waals surface area contributed by atoms with Crippen molar-refractivity contribution in [2.45, 2.75) is 52.5 Å². The van der Waals surface area contributed by atoms with Crippen LogP contribution in [0.25, 0.3) is 10.2 Å². The number of hydrogen-bond donors (Lipinski definition) is 2. The Morgan fingerprint density at radius 3 is 2.95 bits per heavy atom. The van der Waals surface area contributed by atoms with E-state index in [2.05, 4.69) is 47.8 Å². The highest BCUT2D eigenvalue weighted by Gasteiger charge is 2.34. The molecule has 5 heteroatoms. The molecule has 2 heterocycles. The number of rotatable bonds is 5. The van der Waals surface area contributed by atoms with Gasteiger partial charge < -0.3 is 10.6 Å². The second-order valence-electron chi connectivity index (χ2n) is 6.54. The standard InChI is InChI=1S/C16H24N4S/c1-4-9-17-15-19-13(11-7-10-21-14(11)20-15)18-12-6-5-8-16(12,2)3/h7,10,12H,4-6,8-9H2,1-3H3,(H2,17,18,19,20). The molecule has 114 valence electrons. The molecule has 3 rings (SSSR count). The largest absolute Gasteiger partial charge is 0.366 e. The molecule has 1 saturated carbocycles. The Morgan fingerprint density at radius 2 is 2.24 bits per heavy atom. The van der Waals surface area contributed by atoms with Gasteiger partial charge in [0.2, 0.25) is 5.95 Å². The van der Waals surface area contributed by atoms with Crippen molar-refractivity contribution >= 4 is 33.3 Å². The molecule has 0 aliphatic heterocycles. The molecule has 0 radical (unpaired) electrons. The van der Waals surface area contributed by atoms with Crippen molar-refractivity contribution in [1.29, 1.82) is 0 Å². The Labute approximate surface area is 130 Å². The maximum absolute atomic E-state index is 4.71. The second-order valence-corrected chi connectivity index (χ2v) is 7.43. The van der Waals surface area contributed by atoms with E-state index in [0.717, 1.165) is 34.9 Å². The predicted molar refractivity (Wildman–Crippen MR) is 91.2 cm³/mol. The smallest absolute Gasteiger partial charge is 0.226 e. The average Bonchev–Trinajstić information content (AvgIpc) is 3.03. The summed E-state index contributed by atoms with van der Waals surface area (Å²) in [7, 11) is 0. The number of hydrogen-bond acceptors (Lipinski definition) is 5. The van der Waals surface area contributed by atoms with E-state index in [0.29, 0.717) is 11.5 Å². The SMILES string of the molecule is CCCNc1nc(NC2CCCC2(C)C)c2ccsc2n1. The normalized spacial score (nSPS) is 20.8. The van der Waals surface area contributed by atoms with E-state index in [1.165, 1.54) is 19.3 Å². The van der Waals surface area contributed by atoms with Crippen molar-refractivity contribution in [3.8, 4) is 0 Å². The number of nitrogens with zero attached hydrogens (tertiary/aromatic N) is 2. The molecule has 0 amide bonds. The molecular formula is C16H24N4S. The van der Waals surface area contributed by atoms with Crippen LogP contribution >= 0.6 is 11.3 Å². The van der Waals surface area contributed by atoms with Crippen molar-refractivity contribution in [3.05, 3.63) is 11.4 Å². The van der Waals surface area contributed by atoms with Gasteiger partial charge in [0.25, 0.3) is 0 Å². The van der Waals surface area contributed by atoms with Crippen LogP contribution in [0.2, 0.25) is 0 Å². The summed E-state index contributed by atoms with van der Waals surface area (Å²) in [6.07, 6.45) is 4.87. The van der Waals surface area contributed by atoms with Gasteiger partial charge in [-0.25, -0.2) is 4.98 Å². The summed E-state index contributed by atoms with van der Waals surface area (Å²) in [5.74, 6) is 1.73. The highest BCUT2D eigenvalue weighted by molar-refractivity contribution is 7.16. The molecular weight excluding hydrogens is 280 g/mol. The highest BCUT2D eigenvalue weighted by Crippen LogP contribution is 2.40. The molecule has 1 atom stereocenters. The number of thiophene rings is 1. The molecule has 21 heavy (non-hydrogen) atoms. The molecule has 2 aromatic rings. The van der Waals surface area contributed by atoms with E-state index in [4.69, 9.17) is 4.98 Å². The first-order chi connectivity index (χ1) is 10.1. The highest BCUT2D eigenvalue weighted by atomic mass is 32.1. The fourth-order valence-electron chi connectivity index (χ4n) is 3.04. The van der Waals surface area contributed by atoms with Crippen molar-refractivity contribution in [1.82, 2.24) is 9.97 Å². The molecule has 2 N–H and O–H groups in total. The van der Waals surface area contributed by atoms with E-state index in [1.54, 1.807) is 11.3 Å². The Balaban J connectivity index is 1.90. The van der Waals surface area contributed by atoms with E-state index in [9.17, 15) is 0 Å². The Hall–Kier alpha value is -1.36. The molecule has 1 fully saturated rings. The van der Waals surface area contributed by atoms with Crippen molar-refractivity contribution in [2.75, 3.05) is 17.2 Å². The fraction of sp³-hybridized carbons (Fsp3) is 0.625. The van der Waals surface area contributed by atoms with Crippen LogP contribution in [0, 0.1) is 5.41 Å². The Morgan fingerprint density at radius 1 is 1.38 bits per heavy atom. The van der Waals surface area contributed by atoms with Crippen LogP contribution in [0.4, 0.5) is 11.8 Å². The summed E-state index contributed by atoms with van der Waals surface area (Å²) < 4.78 is 0. The van der Waals surface area contributed by atoms with Gasteiger partial charge in [-0.15, -0.1) is 11.3 Å². The van der Waals surface area contributed by atoms with Crippen molar-refractivity contribution in [2.24, 2.45) is 5.41 Å². The first kappa shape index (κ1) is 14.6. The fourth-order valence-corrected chi connectivity index (χ4v) is 3.80. The molecule has 0 aromatic carbocycles. The van der Waals surface area contributed by atoms with Gasteiger partial charge in [0, 0.05) is 12.6 Å². The summed E-state index contributed by atoms with van der Waals surface area (Å²) in [6.45, 7) is 7.75. The van der Waals surface area contributed by atoms with Crippen LogP contribution in [-0.4, -0.2) is 22.6 Å². The maximum atomic E-state index is 4.71. The minimum atomic E-state index is 0.338. The lowest BCUT2D eigenvalue weighted by Crippen LogP contribution is -2.31. The van der Waals surface area contributed by atoms with Gasteiger partial charge in [-0.1, -0.05) is 27.2 Å². The van der Waals surface area contributed by atoms with Crippen molar-refractivity contribution < 1.29 is 0 Å². The quantitative estimate of drug-likeness (QED) is 0.853. The van der Waals surface area contributed by atoms with Gasteiger partial charge in [-0.3, -0.25) is 0 Å². The van der Waals surface area contributed by atoms with Crippen LogP contribution in [0.3, 0.4) is 0 Å². The van der Waals surface area contributed by atoms with Gasteiger partial charge in [0.15, 0.2) is 0 Å². The van der Waals surface area contributed by atoms with Gasteiger partial charge in [0.05, 0.1) is 5.39 Å². The zero-order valence-corrected chi connectivity index (χ0v) is 13.9. The van der Waals surface area contributed by atoms with Gasteiger partial charge in [-0.05, 0) is 36.1 Å². The first-order valence-corrected chi connectivity index (χ1v) is 8.74. The van der Waals surface area contributed by atoms with Crippen LogP contribution in [-0.2, 0) is 0 Å². The van der Waals surface area contributed by atoms with E-state index < -0.39 is 0 Å². The van der Waals surface area contributed by atoms with Crippen LogP contribution in [0.15, 0.2) is 11.4 Å². The summed E-state index contributed by atoms with van der Waals surface area (Å²) in [4.78, 5) is 10.4. The van der Waals surface area contributed by atoms with E-state index in [1.807, 2.05) is 0 Å². The molecule has 1 aliphatic carbocycles. The molecule has 1 unspecified atom stereocenters. The van der Waals surface area contributed by atoms with E-state index >= 15 is 0 Å². The maximum Gasteiger partial charge on any atom is 0.226 e. The molecule has 0 spiro atoms. The number of fused-ring (bicyclic) bond motifs is 1. The number of anilines is 2. The third-order valence-electron chi connectivity index (χ3n) is 4.43. The van der Waals surface area contributed by atoms with Gasteiger partial charge in [0.1, 0.15) is 10.6 Å². The molecule has 0 saturated heterocycles. The minimum Gasteiger partial charge on any atom is -0.366 e. The lowest BCUT2D eigenvalue weighted by atomic mass is 9.87. The zero-order valence-electron chi connectivity index (χ0n) is 13.1. The predicted octanol–water partition coefficient (Wildman–Crippen LogP) is 4.50.